The quantitative estimate of drug-likeness (QED) is 0.406. The number of hydrogen-bond donors (Lipinski definition) is 1. The maximum atomic E-state index is 13.1. The lowest BCUT2D eigenvalue weighted by molar-refractivity contribution is -0.123. The molecule has 4 aliphatic rings. The van der Waals surface area contributed by atoms with Gasteiger partial charge in [0, 0.05) is 6.04 Å². The van der Waals surface area contributed by atoms with Gasteiger partial charge in [0.25, 0.3) is 0 Å². The first-order valence-corrected chi connectivity index (χ1v) is 13.3. The van der Waals surface area contributed by atoms with E-state index in [-0.39, 0.29) is 41.4 Å². The summed E-state index contributed by atoms with van der Waals surface area (Å²) >= 11 is 2.95. The Morgan fingerprint density at radius 2 is 1.81 bits per heavy atom. The molecule has 32 heavy (non-hydrogen) atoms. The first-order valence-electron chi connectivity index (χ1n) is 11.5. The molecule has 6 nitrogen and oxygen atoms in total. The third-order valence-electron chi connectivity index (χ3n) is 7.38. The molecule has 0 unspecified atom stereocenters. The fourth-order valence-electron chi connectivity index (χ4n) is 5.89. The zero-order valence-corrected chi connectivity index (χ0v) is 19.3. The van der Waals surface area contributed by atoms with Crippen molar-refractivity contribution in [2.75, 3.05) is 10.7 Å². The van der Waals surface area contributed by atoms with Crippen molar-refractivity contribution < 1.29 is 14.4 Å². The number of carbonyl (C=O) groups excluding carboxylic acids is 3. The molecule has 1 aromatic carbocycles. The molecule has 1 N–H and O–H groups in total. The minimum Gasteiger partial charge on any atom is -0.353 e. The van der Waals surface area contributed by atoms with Crippen molar-refractivity contribution in [2.45, 2.75) is 48.9 Å². The number of thioether (sulfide) groups is 1. The Balaban J connectivity index is 1.15. The van der Waals surface area contributed by atoms with E-state index in [9.17, 15) is 14.4 Å². The molecule has 1 aromatic heterocycles. The highest BCUT2D eigenvalue weighted by atomic mass is 32.2. The topological polar surface area (TPSA) is 79.4 Å². The fourth-order valence-corrected chi connectivity index (χ4v) is 7.81. The number of fused-ring (bicyclic) bond motifs is 6. The monoisotopic (exact) mass is 467 g/mol. The zero-order chi connectivity index (χ0) is 21.8. The van der Waals surface area contributed by atoms with E-state index < -0.39 is 0 Å². The van der Waals surface area contributed by atoms with Crippen molar-refractivity contribution in [3.63, 3.8) is 0 Å². The van der Waals surface area contributed by atoms with Crippen LogP contribution in [0.25, 0.3) is 10.2 Å². The molecule has 4 atom stereocenters. The average Bonchev–Trinajstić information content (AvgIpc) is 3.55. The lowest BCUT2D eigenvalue weighted by Gasteiger charge is -2.22. The number of allylic oxidation sites excluding steroid dienone is 2. The molecule has 2 bridgehead atoms. The Hall–Kier alpha value is -2.19. The maximum Gasteiger partial charge on any atom is 0.238 e. The predicted molar refractivity (Wildman–Crippen MR) is 126 cm³/mol. The second kappa shape index (κ2) is 7.99. The molecule has 0 radical (unpaired) electrons. The molecular weight excluding hydrogens is 442 g/mol. The van der Waals surface area contributed by atoms with Crippen molar-refractivity contribution in [1.29, 1.82) is 0 Å². The lowest BCUT2D eigenvalue weighted by atomic mass is 9.85. The first kappa shape index (κ1) is 20.4. The number of benzene rings is 1. The molecule has 1 aliphatic heterocycles. The largest absolute Gasteiger partial charge is 0.353 e. The van der Waals surface area contributed by atoms with E-state index in [0.29, 0.717) is 17.5 Å². The van der Waals surface area contributed by atoms with Crippen LogP contribution in [-0.4, -0.2) is 34.5 Å². The second-order valence-electron chi connectivity index (χ2n) is 9.33. The van der Waals surface area contributed by atoms with E-state index in [1.165, 1.54) is 47.3 Å². The molecule has 166 valence electrons. The number of thiazole rings is 1. The SMILES string of the molecule is O=C(CSc1nc2ccc(N3C(=O)[C@@H]4[C@H](C3=O)[C@H]3C=C[C@H]4C3)cc2s1)NC1CCCCC1. The van der Waals surface area contributed by atoms with Crippen molar-refractivity contribution in [1.82, 2.24) is 10.3 Å². The van der Waals surface area contributed by atoms with Gasteiger partial charge in [0.05, 0.1) is 33.5 Å². The average molecular weight is 468 g/mol. The van der Waals surface area contributed by atoms with Crippen LogP contribution in [0.3, 0.4) is 0 Å². The molecule has 3 fully saturated rings. The number of amides is 3. The summed E-state index contributed by atoms with van der Waals surface area (Å²) in [6, 6.07) is 5.90. The van der Waals surface area contributed by atoms with Gasteiger partial charge in [-0.15, -0.1) is 11.3 Å². The molecule has 8 heteroatoms. The van der Waals surface area contributed by atoms with Crippen LogP contribution in [0.2, 0.25) is 0 Å². The Morgan fingerprint density at radius 1 is 1.09 bits per heavy atom. The number of nitrogens with one attached hydrogen (secondary N) is 1. The minimum absolute atomic E-state index is 0.0601. The molecule has 2 saturated carbocycles. The van der Waals surface area contributed by atoms with Gasteiger partial charge in [-0.1, -0.05) is 43.2 Å². The molecular formula is C24H25N3O3S2. The summed E-state index contributed by atoms with van der Waals surface area (Å²) < 4.78 is 1.76. The van der Waals surface area contributed by atoms with Gasteiger partial charge < -0.3 is 5.32 Å². The highest BCUT2D eigenvalue weighted by molar-refractivity contribution is 8.01. The Morgan fingerprint density at radius 3 is 2.53 bits per heavy atom. The van der Waals surface area contributed by atoms with Crippen molar-refractivity contribution in [2.24, 2.45) is 23.7 Å². The van der Waals surface area contributed by atoms with Crippen molar-refractivity contribution in [3.8, 4) is 0 Å². The van der Waals surface area contributed by atoms with Crippen LogP contribution in [0.1, 0.15) is 38.5 Å². The number of nitrogens with zero attached hydrogens (tertiary/aromatic N) is 2. The van der Waals surface area contributed by atoms with Crippen LogP contribution in [0, 0.1) is 23.7 Å². The van der Waals surface area contributed by atoms with Crippen molar-refractivity contribution >= 4 is 56.7 Å². The van der Waals surface area contributed by atoms with Gasteiger partial charge in [-0.05, 0) is 49.3 Å². The van der Waals surface area contributed by atoms with Gasteiger partial charge in [0.15, 0.2) is 4.34 Å². The zero-order valence-electron chi connectivity index (χ0n) is 17.7. The molecule has 3 amide bonds. The number of imide groups is 1. The molecule has 2 aromatic rings. The highest BCUT2D eigenvalue weighted by Gasteiger charge is 2.59. The Bertz CT molecular complexity index is 1110. The van der Waals surface area contributed by atoms with Gasteiger partial charge in [0.2, 0.25) is 17.7 Å². The van der Waals surface area contributed by atoms with Crippen molar-refractivity contribution in [3.05, 3.63) is 30.4 Å². The third kappa shape index (κ3) is 3.39. The molecule has 2 heterocycles. The number of carbonyl (C=O) groups is 3. The second-order valence-corrected chi connectivity index (χ2v) is 11.6. The molecule has 3 aliphatic carbocycles. The number of aromatic nitrogens is 1. The smallest absolute Gasteiger partial charge is 0.238 e. The van der Waals surface area contributed by atoms with E-state index >= 15 is 0 Å². The highest BCUT2D eigenvalue weighted by Crippen LogP contribution is 2.53. The maximum absolute atomic E-state index is 13.1. The third-order valence-corrected chi connectivity index (χ3v) is 9.54. The first-order chi connectivity index (χ1) is 15.6. The summed E-state index contributed by atoms with van der Waals surface area (Å²) in [7, 11) is 0. The van der Waals surface area contributed by atoms with Gasteiger partial charge in [-0.2, -0.15) is 0 Å². The fraction of sp³-hybridized carbons (Fsp3) is 0.500. The standard InChI is InChI=1S/C24H25N3O3S2/c28-19(25-15-4-2-1-3-5-15)12-31-24-26-17-9-8-16(11-18(17)32-24)27-22(29)20-13-6-7-14(10-13)21(20)23(27)30/h6-9,11,13-15,20-21H,1-5,10,12H2,(H,25,28)/t13-,14-,20-,21+/m0/s1. The van der Waals surface area contributed by atoms with Crippen LogP contribution < -0.4 is 10.2 Å². The van der Waals surface area contributed by atoms with Gasteiger partial charge >= 0.3 is 0 Å². The van der Waals surface area contributed by atoms with Crippen LogP contribution in [0.15, 0.2) is 34.7 Å². The van der Waals surface area contributed by atoms with E-state index in [1.54, 1.807) is 0 Å². The Labute approximate surface area is 194 Å². The summed E-state index contributed by atoms with van der Waals surface area (Å²) in [4.78, 5) is 44.5. The summed E-state index contributed by atoms with van der Waals surface area (Å²) in [5.74, 6) is 0.328. The minimum atomic E-state index is -0.191. The Kier molecular flexibility index (Phi) is 5.10. The van der Waals surface area contributed by atoms with E-state index in [0.717, 1.165) is 33.8 Å². The summed E-state index contributed by atoms with van der Waals surface area (Å²) in [6.45, 7) is 0. The number of anilines is 1. The lowest BCUT2D eigenvalue weighted by Crippen LogP contribution is -2.37. The van der Waals surface area contributed by atoms with Crippen LogP contribution in [-0.2, 0) is 14.4 Å². The van der Waals surface area contributed by atoms with E-state index in [4.69, 9.17) is 0 Å². The summed E-state index contributed by atoms with van der Waals surface area (Å²) in [6.07, 6.45) is 11.0. The van der Waals surface area contributed by atoms with Gasteiger partial charge in [-0.3, -0.25) is 14.4 Å². The normalized spacial score (nSPS) is 29.3. The number of hydrogen-bond acceptors (Lipinski definition) is 6. The predicted octanol–water partition coefficient (Wildman–Crippen LogP) is 4.15. The summed E-state index contributed by atoms with van der Waals surface area (Å²) in [5, 5.41) is 3.14. The summed E-state index contributed by atoms with van der Waals surface area (Å²) in [5.41, 5.74) is 1.46. The molecule has 6 rings (SSSR count). The van der Waals surface area contributed by atoms with Crippen LogP contribution in [0.4, 0.5) is 5.69 Å². The van der Waals surface area contributed by atoms with Crippen LogP contribution in [0.5, 0.6) is 0 Å². The molecule has 1 saturated heterocycles. The number of rotatable bonds is 5. The van der Waals surface area contributed by atoms with Gasteiger partial charge in [0.1, 0.15) is 0 Å². The molecule has 0 spiro atoms. The van der Waals surface area contributed by atoms with Crippen LogP contribution >= 0.6 is 23.1 Å². The van der Waals surface area contributed by atoms with E-state index in [2.05, 4.69) is 22.5 Å². The van der Waals surface area contributed by atoms with E-state index in [1.807, 2.05) is 18.2 Å². The van der Waals surface area contributed by atoms with Gasteiger partial charge in [-0.25, -0.2) is 9.88 Å².